The summed E-state index contributed by atoms with van der Waals surface area (Å²) in [5, 5.41) is 3.14. The van der Waals surface area contributed by atoms with Crippen LogP contribution < -0.4 is 5.32 Å². The highest BCUT2D eigenvalue weighted by Crippen LogP contribution is 2.19. The molecule has 0 radical (unpaired) electrons. The number of pyridine rings is 1. The molecule has 1 aliphatic rings. The number of likely N-dealkylation sites (N-methyl/N-ethyl adjacent to an activating group) is 1. The number of amides is 1. The van der Waals surface area contributed by atoms with E-state index in [4.69, 9.17) is 0 Å². The highest BCUT2D eigenvalue weighted by molar-refractivity contribution is 5.92. The molecular weight excluding hydrogens is 214 g/mol. The fraction of sp³-hybridized carbons (Fsp3) is 0.538. The molecule has 1 fully saturated rings. The van der Waals surface area contributed by atoms with Crippen molar-refractivity contribution in [2.24, 2.45) is 0 Å². The Morgan fingerprint density at radius 3 is 3.12 bits per heavy atom. The Kier molecular flexibility index (Phi) is 3.74. The summed E-state index contributed by atoms with van der Waals surface area (Å²) in [6.07, 6.45) is 2.17. The maximum absolute atomic E-state index is 12.3. The molecule has 1 aromatic heterocycles. The predicted molar refractivity (Wildman–Crippen MR) is 67.0 cm³/mol. The summed E-state index contributed by atoms with van der Waals surface area (Å²) in [5.41, 5.74) is 1.45. The summed E-state index contributed by atoms with van der Waals surface area (Å²) in [7, 11) is 1.92. The lowest BCUT2D eigenvalue weighted by molar-refractivity contribution is 0.0731. The number of rotatable bonds is 3. The van der Waals surface area contributed by atoms with Crippen LogP contribution in [0.1, 0.15) is 29.0 Å². The number of carbonyl (C=O) groups excluding carboxylic acids is 1. The monoisotopic (exact) mass is 233 g/mol. The molecule has 2 heterocycles. The van der Waals surface area contributed by atoms with Crippen LogP contribution in [0.25, 0.3) is 0 Å². The van der Waals surface area contributed by atoms with Gasteiger partial charge in [0, 0.05) is 24.8 Å². The Hall–Kier alpha value is -1.42. The lowest BCUT2D eigenvalue weighted by Crippen LogP contribution is -2.41. The molecule has 0 bridgehead atoms. The molecule has 4 heteroatoms. The first-order chi connectivity index (χ1) is 8.22. The summed E-state index contributed by atoms with van der Waals surface area (Å²) >= 11 is 0. The van der Waals surface area contributed by atoms with Gasteiger partial charge < -0.3 is 10.2 Å². The number of nitrogens with zero attached hydrogens (tertiary/aromatic N) is 2. The Labute approximate surface area is 102 Å². The van der Waals surface area contributed by atoms with Gasteiger partial charge in [0.15, 0.2) is 0 Å². The van der Waals surface area contributed by atoms with E-state index in [9.17, 15) is 4.79 Å². The molecule has 1 saturated heterocycles. The minimum Gasteiger partial charge on any atom is -0.333 e. The third-order valence-electron chi connectivity index (χ3n) is 3.19. The number of likely N-dealkylation sites (tertiary alicyclic amines) is 1. The maximum Gasteiger partial charge on any atom is 0.272 e. The highest BCUT2D eigenvalue weighted by atomic mass is 16.2. The second kappa shape index (κ2) is 5.27. The standard InChI is InChI=1S/C13H19N3O/c1-10-5-3-7-12(15-10)13(17)16-8-4-6-11(16)9-14-2/h3,5,7,11,14H,4,6,8-9H2,1-2H3. The first-order valence-electron chi connectivity index (χ1n) is 6.11. The molecule has 1 aliphatic heterocycles. The summed E-state index contributed by atoms with van der Waals surface area (Å²) in [5.74, 6) is 0.0615. The van der Waals surface area contributed by atoms with Gasteiger partial charge in [-0.3, -0.25) is 4.79 Å². The third-order valence-corrected chi connectivity index (χ3v) is 3.19. The van der Waals surface area contributed by atoms with E-state index in [-0.39, 0.29) is 5.91 Å². The molecule has 2 rings (SSSR count). The van der Waals surface area contributed by atoms with Crippen molar-refractivity contribution in [1.82, 2.24) is 15.2 Å². The van der Waals surface area contributed by atoms with E-state index >= 15 is 0 Å². The van der Waals surface area contributed by atoms with Gasteiger partial charge in [-0.05, 0) is 38.9 Å². The molecule has 0 aromatic carbocycles. The van der Waals surface area contributed by atoms with Gasteiger partial charge in [0.05, 0.1) is 0 Å². The first-order valence-corrected chi connectivity index (χ1v) is 6.11. The van der Waals surface area contributed by atoms with E-state index in [2.05, 4.69) is 10.3 Å². The molecular formula is C13H19N3O. The summed E-state index contributed by atoms with van der Waals surface area (Å²) in [6.45, 7) is 3.62. The average molecular weight is 233 g/mol. The number of hydrogen-bond donors (Lipinski definition) is 1. The minimum absolute atomic E-state index is 0.0615. The SMILES string of the molecule is CNCC1CCCN1C(=O)c1cccc(C)n1. The van der Waals surface area contributed by atoms with Crippen molar-refractivity contribution in [3.8, 4) is 0 Å². The van der Waals surface area contributed by atoms with E-state index in [1.165, 1.54) is 0 Å². The van der Waals surface area contributed by atoms with Crippen molar-refractivity contribution in [3.63, 3.8) is 0 Å². The van der Waals surface area contributed by atoms with Crippen molar-refractivity contribution in [2.45, 2.75) is 25.8 Å². The van der Waals surface area contributed by atoms with Gasteiger partial charge in [-0.25, -0.2) is 4.98 Å². The molecule has 1 aromatic rings. The molecule has 4 nitrogen and oxygen atoms in total. The quantitative estimate of drug-likeness (QED) is 0.853. The van der Waals surface area contributed by atoms with Crippen LogP contribution in [0.3, 0.4) is 0 Å². The first kappa shape index (κ1) is 12.0. The van der Waals surface area contributed by atoms with Crippen LogP contribution in [0, 0.1) is 6.92 Å². The Morgan fingerprint density at radius 1 is 1.59 bits per heavy atom. The average Bonchev–Trinajstić information content (AvgIpc) is 2.77. The van der Waals surface area contributed by atoms with Crippen LogP contribution in [0.2, 0.25) is 0 Å². The van der Waals surface area contributed by atoms with Crippen molar-refractivity contribution in [3.05, 3.63) is 29.6 Å². The van der Waals surface area contributed by atoms with E-state index < -0.39 is 0 Å². The largest absolute Gasteiger partial charge is 0.333 e. The fourth-order valence-electron chi connectivity index (χ4n) is 2.36. The maximum atomic E-state index is 12.3. The smallest absolute Gasteiger partial charge is 0.272 e. The van der Waals surface area contributed by atoms with E-state index in [1.54, 1.807) is 6.07 Å². The highest BCUT2D eigenvalue weighted by Gasteiger charge is 2.29. The zero-order valence-corrected chi connectivity index (χ0v) is 10.4. The number of nitrogens with one attached hydrogen (secondary N) is 1. The lowest BCUT2D eigenvalue weighted by atomic mass is 10.2. The lowest BCUT2D eigenvalue weighted by Gasteiger charge is -2.24. The van der Waals surface area contributed by atoms with Crippen LogP contribution in [0.15, 0.2) is 18.2 Å². The van der Waals surface area contributed by atoms with Gasteiger partial charge in [-0.1, -0.05) is 6.07 Å². The molecule has 92 valence electrons. The van der Waals surface area contributed by atoms with Gasteiger partial charge in [0.2, 0.25) is 0 Å². The topological polar surface area (TPSA) is 45.2 Å². The molecule has 1 unspecified atom stereocenters. The van der Waals surface area contributed by atoms with Crippen LogP contribution in [0.4, 0.5) is 0 Å². The summed E-state index contributed by atoms with van der Waals surface area (Å²) in [6, 6.07) is 5.91. The van der Waals surface area contributed by atoms with Crippen LogP contribution >= 0.6 is 0 Å². The van der Waals surface area contributed by atoms with E-state index in [0.29, 0.717) is 11.7 Å². The van der Waals surface area contributed by atoms with Crippen molar-refractivity contribution < 1.29 is 4.79 Å². The summed E-state index contributed by atoms with van der Waals surface area (Å²) in [4.78, 5) is 18.6. The van der Waals surface area contributed by atoms with Crippen LogP contribution in [0.5, 0.6) is 0 Å². The zero-order valence-electron chi connectivity index (χ0n) is 10.4. The number of aromatic nitrogens is 1. The minimum atomic E-state index is 0.0615. The molecule has 1 atom stereocenters. The Bertz CT molecular complexity index is 405. The van der Waals surface area contributed by atoms with Gasteiger partial charge in [0.25, 0.3) is 5.91 Å². The molecule has 0 saturated carbocycles. The normalized spacial score (nSPS) is 19.6. The number of carbonyl (C=O) groups is 1. The molecule has 17 heavy (non-hydrogen) atoms. The van der Waals surface area contributed by atoms with Gasteiger partial charge in [-0.15, -0.1) is 0 Å². The van der Waals surface area contributed by atoms with Crippen molar-refractivity contribution in [2.75, 3.05) is 20.1 Å². The molecule has 0 spiro atoms. The third kappa shape index (κ3) is 2.64. The van der Waals surface area contributed by atoms with Gasteiger partial charge in [0.1, 0.15) is 5.69 Å². The van der Waals surface area contributed by atoms with Crippen molar-refractivity contribution >= 4 is 5.91 Å². The fourth-order valence-corrected chi connectivity index (χ4v) is 2.36. The van der Waals surface area contributed by atoms with Crippen LogP contribution in [-0.4, -0.2) is 42.0 Å². The summed E-state index contributed by atoms with van der Waals surface area (Å²) < 4.78 is 0. The Balaban J connectivity index is 2.14. The molecule has 1 N–H and O–H groups in total. The molecule has 0 aliphatic carbocycles. The molecule has 1 amide bonds. The number of aryl methyl sites for hydroxylation is 1. The Morgan fingerprint density at radius 2 is 2.41 bits per heavy atom. The predicted octanol–water partition coefficient (Wildman–Crippen LogP) is 1.21. The van der Waals surface area contributed by atoms with Gasteiger partial charge in [-0.2, -0.15) is 0 Å². The van der Waals surface area contributed by atoms with Gasteiger partial charge >= 0.3 is 0 Å². The van der Waals surface area contributed by atoms with Crippen LogP contribution in [-0.2, 0) is 0 Å². The second-order valence-electron chi connectivity index (χ2n) is 4.52. The van der Waals surface area contributed by atoms with Crippen molar-refractivity contribution in [1.29, 1.82) is 0 Å². The van der Waals surface area contributed by atoms with E-state index in [1.807, 2.05) is 31.0 Å². The zero-order chi connectivity index (χ0) is 12.3. The number of hydrogen-bond acceptors (Lipinski definition) is 3. The second-order valence-corrected chi connectivity index (χ2v) is 4.52. The van der Waals surface area contributed by atoms with E-state index in [0.717, 1.165) is 31.6 Å².